The first-order valence-corrected chi connectivity index (χ1v) is 8.66. The molecule has 0 aliphatic rings. The van der Waals surface area contributed by atoms with Crippen molar-refractivity contribution in [3.05, 3.63) is 42.5 Å². The molecule has 3 aromatic rings. The van der Waals surface area contributed by atoms with Crippen LogP contribution in [0.2, 0.25) is 0 Å². The van der Waals surface area contributed by atoms with Gasteiger partial charge in [-0.25, -0.2) is 0 Å². The summed E-state index contributed by atoms with van der Waals surface area (Å²) in [5, 5.41) is 17.5. The molecule has 0 fully saturated rings. The lowest BCUT2D eigenvalue weighted by molar-refractivity contribution is -0.117. The van der Waals surface area contributed by atoms with Crippen LogP contribution < -0.4 is 20.1 Å². The highest BCUT2D eigenvalue weighted by atomic mass is 16.5. The zero-order valence-electron chi connectivity index (χ0n) is 16.2. The number of rotatable bonds is 7. The number of ether oxygens (including phenoxy) is 2. The Bertz CT molecular complexity index is 1030. The van der Waals surface area contributed by atoms with Gasteiger partial charge in [-0.1, -0.05) is 6.07 Å². The molecule has 0 saturated heterocycles. The minimum absolute atomic E-state index is 0.120. The lowest BCUT2D eigenvalue weighted by Gasteiger charge is -2.08. The van der Waals surface area contributed by atoms with Crippen molar-refractivity contribution >= 4 is 23.2 Å². The molecule has 1 aromatic heterocycles. The number of tetrazole rings is 1. The van der Waals surface area contributed by atoms with Gasteiger partial charge in [0.15, 0.2) is 11.5 Å². The molecule has 10 heteroatoms. The third-order valence-corrected chi connectivity index (χ3v) is 3.85. The van der Waals surface area contributed by atoms with Crippen molar-refractivity contribution in [2.45, 2.75) is 13.5 Å². The van der Waals surface area contributed by atoms with Crippen molar-refractivity contribution in [1.82, 2.24) is 20.2 Å². The molecular formula is C19H20N6O4. The van der Waals surface area contributed by atoms with Gasteiger partial charge in [0.05, 0.1) is 14.2 Å². The van der Waals surface area contributed by atoms with Crippen LogP contribution in [0.25, 0.3) is 11.4 Å². The Morgan fingerprint density at radius 2 is 1.72 bits per heavy atom. The van der Waals surface area contributed by atoms with Crippen molar-refractivity contribution in [3.8, 4) is 22.9 Å². The van der Waals surface area contributed by atoms with E-state index in [1.165, 1.54) is 18.8 Å². The summed E-state index contributed by atoms with van der Waals surface area (Å²) >= 11 is 0. The molecule has 1 heterocycles. The van der Waals surface area contributed by atoms with E-state index in [4.69, 9.17) is 9.47 Å². The van der Waals surface area contributed by atoms with Crippen molar-refractivity contribution < 1.29 is 19.1 Å². The number of carbonyl (C=O) groups is 2. The fourth-order valence-electron chi connectivity index (χ4n) is 2.61. The smallest absolute Gasteiger partial charge is 0.248 e. The third kappa shape index (κ3) is 5.06. The van der Waals surface area contributed by atoms with Gasteiger partial charge in [-0.15, -0.1) is 10.2 Å². The maximum Gasteiger partial charge on any atom is 0.248 e. The Labute approximate surface area is 166 Å². The molecule has 3 rings (SSSR count). The second-order valence-electron chi connectivity index (χ2n) is 6.02. The monoisotopic (exact) mass is 396 g/mol. The van der Waals surface area contributed by atoms with Gasteiger partial charge in [0, 0.05) is 23.9 Å². The predicted octanol–water partition coefficient (Wildman–Crippen LogP) is 1.95. The molecule has 150 valence electrons. The average molecular weight is 396 g/mol. The van der Waals surface area contributed by atoms with Crippen LogP contribution >= 0.6 is 0 Å². The van der Waals surface area contributed by atoms with Gasteiger partial charge in [-0.3, -0.25) is 9.59 Å². The van der Waals surface area contributed by atoms with Crippen molar-refractivity contribution in [2.75, 3.05) is 24.9 Å². The van der Waals surface area contributed by atoms with E-state index in [0.717, 1.165) is 0 Å². The number of anilines is 2. The van der Waals surface area contributed by atoms with Crippen molar-refractivity contribution in [1.29, 1.82) is 0 Å². The van der Waals surface area contributed by atoms with Crippen molar-refractivity contribution in [2.24, 2.45) is 0 Å². The Balaban J connectivity index is 1.67. The Morgan fingerprint density at radius 3 is 2.41 bits per heavy atom. The highest BCUT2D eigenvalue weighted by Gasteiger charge is 2.12. The van der Waals surface area contributed by atoms with E-state index in [1.54, 1.807) is 49.6 Å². The average Bonchev–Trinajstić information content (AvgIpc) is 3.15. The topological polar surface area (TPSA) is 120 Å². The minimum atomic E-state index is -0.332. The van der Waals surface area contributed by atoms with Crippen LogP contribution in [0, 0.1) is 0 Å². The maximum atomic E-state index is 12.3. The van der Waals surface area contributed by atoms with E-state index in [-0.39, 0.29) is 18.4 Å². The SMILES string of the molecule is COc1ccc(-c2nnn(CC(=O)Nc3cccc(NC(C)=O)c3)n2)cc1OC. The zero-order valence-corrected chi connectivity index (χ0v) is 16.2. The van der Waals surface area contributed by atoms with Crippen LogP contribution in [0.3, 0.4) is 0 Å². The van der Waals surface area contributed by atoms with Gasteiger partial charge in [-0.2, -0.15) is 4.80 Å². The largest absolute Gasteiger partial charge is 0.493 e. The standard InChI is InChI=1S/C19H20N6O4/c1-12(26)20-14-5-4-6-15(10-14)21-18(27)11-25-23-19(22-24-25)13-7-8-16(28-2)17(9-13)29-3/h4-10H,11H2,1-3H3,(H,20,26)(H,21,27). The fourth-order valence-corrected chi connectivity index (χ4v) is 2.61. The molecule has 0 aliphatic carbocycles. The molecule has 29 heavy (non-hydrogen) atoms. The van der Waals surface area contributed by atoms with Crippen LogP contribution in [0.15, 0.2) is 42.5 Å². The number of aromatic nitrogens is 4. The van der Waals surface area contributed by atoms with E-state index < -0.39 is 0 Å². The van der Waals surface area contributed by atoms with Crippen LogP contribution in [0.4, 0.5) is 11.4 Å². The maximum absolute atomic E-state index is 12.3. The predicted molar refractivity (Wildman–Crippen MR) is 106 cm³/mol. The first-order valence-electron chi connectivity index (χ1n) is 8.66. The number of nitrogens with zero attached hydrogens (tertiary/aromatic N) is 4. The number of hydrogen-bond acceptors (Lipinski definition) is 7. The van der Waals surface area contributed by atoms with E-state index in [9.17, 15) is 9.59 Å². The second kappa shape index (κ2) is 8.83. The zero-order chi connectivity index (χ0) is 20.8. The highest BCUT2D eigenvalue weighted by molar-refractivity contribution is 5.93. The normalized spacial score (nSPS) is 10.3. The third-order valence-electron chi connectivity index (χ3n) is 3.85. The van der Waals surface area contributed by atoms with Crippen LogP contribution in [-0.2, 0) is 16.1 Å². The lowest BCUT2D eigenvalue weighted by Crippen LogP contribution is -2.20. The van der Waals surface area contributed by atoms with Gasteiger partial charge < -0.3 is 20.1 Å². The summed E-state index contributed by atoms with van der Waals surface area (Å²) in [5.74, 6) is 0.957. The summed E-state index contributed by atoms with van der Waals surface area (Å²) in [7, 11) is 3.09. The van der Waals surface area contributed by atoms with Crippen LogP contribution in [0.1, 0.15) is 6.92 Å². The molecule has 2 N–H and O–H groups in total. The molecule has 0 bridgehead atoms. The van der Waals surface area contributed by atoms with Gasteiger partial charge in [0.1, 0.15) is 6.54 Å². The minimum Gasteiger partial charge on any atom is -0.493 e. The van der Waals surface area contributed by atoms with Gasteiger partial charge in [0.2, 0.25) is 17.6 Å². The molecule has 0 atom stereocenters. The Morgan fingerprint density at radius 1 is 1.00 bits per heavy atom. The van der Waals surface area contributed by atoms with Crippen LogP contribution in [-0.4, -0.2) is 46.2 Å². The quantitative estimate of drug-likeness (QED) is 0.626. The van der Waals surface area contributed by atoms with E-state index in [2.05, 4.69) is 26.0 Å². The molecule has 2 aromatic carbocycles. The molecule has 2 amide bonds. The number of hydrogen-bond donors (Lipinski definition) is 2. The molecule has 10 nitrogen and oxygen atoms in total. The van der Waals surface area contributed by atoms with Gasteiger partial charge >= 0.3 is 0 Å². The van der Waals surface area contributed by atoms with Crippen LogP contribution in [0.5, 0.6) is 11.5 Å². The van der Waals surface area contributed by atoms with E-state index in [0.29, 0.717) is 34.3 Å². The summed E-state index contributed by atoms with van der Waals surface area (Å²) < 4.78 is 10.5. The van der Waals surface area contributed by atoms with E-state index in [1.807, 2.05) is 0 Å². The first-order chi connectivity index (χ1) is 14.0. The molecule has 0 unspecified atom stereocenters. The highest BCUT2D eigenvalue weighted by Crippen LogP contribution is 2.30. The molecule has 0 aliphatic heterocycles. The molecule has 0 saturated carbocycles. The number of benzene rings is 2. The first kappa shape index (κ1) is 19.8. The summed E-state index contributed by atoms with van der Waals surface area (Å²) in [6, 6.07) is 12.1. The summed E-state index contributed by atoms with van der Waals surface area (Å²) in [4.78, 5) is 24.6. The van der Waals surface area contributed by atoms with Crippen molar-refractivity contribution in [3.63, 3.8) is 0 Å². The number of carbonyl (C=O) groups excluding carboxylic acids is 2. The fraction of sp³-hybridized carbons (Fsp3) is 0.211. The summed E-state index contributed by atoms with van der Waals surface area (Å²) in [5.41, 5.74) is 1.81. The Kier molecular flexibility index (Phi) is 6.03. The molecular weight excluding hydrogens is 376 g/mol. The summed E-state index contributed by atoms with van der Waals surface area (Å²) in [6.45, 7) is 1.29. The van der Waals surface area contributed by atoms with E-state index >= 15 is 0 Å². The summed E-state index contributed by atoms with van der Waals surface area (Å²) in [6.07, 6.45) is 0. The Hall–Kier alpha value is -3.95. The molecule has 0 radical (unpaired) electrons. The lowest BCUT2D eigenvalue weighted by atomic mass is 10.2. The second-order valence-corrected chi connectivity index (χ2v) is 6.02. The van der Waals surface area contributed by atoms with Gasteiger partial charge in [-0.05, 0) is 41.6 Å². The van der Waals surface area contributed by atoms with Gasteiger partial charge in [0.25, 0.3) is 0 Å². The number of amides is 2. The number of methoxy groups -OCH3 is 2. The number of nitrogens with one attached hydrogen (secondary N) is 2. The molecule has 0 spiro atoms.